The van der Waals surface area contributed by atoms with Crippen LogP contribution in [0.15, 0.2) is 0 Å². The van der Waals surface area contributed by atoms with E-state index < -0.39 is 5.97 Å². The molecule has 0 heterocycles. The molecule has 1 atom stereocenters. The average molecular weight is 188 g/mol. The van der Waals surface area contributed by atoms with Gasteiger partial charge in [-0.1, -0.05) is 0 Å². The first-order chi connectivity index (χ1) is 6.02. The quantitative estimate of drug-likeness (QED) is 0.478. The summed E-state index contributed by atoms with van der Waals surface area (Å²) in [6, 6.07) is -0.0645. The van der Waals surface area contributed by atoms with Gasteiger partial charge < -0.3 is 16.2 Å². The van der Waals surface area contributed by atoms with E-state index in [1.807, 2.05) is 0 Å². The van der Waals surface area contributed by atoms with Gasteiger partial charge in [-0.15, -0.1) is 0 Å². The zero-order valence-electron chi connectivity index (χ0n) is 7.75. The number of hydrogen-bond donors (Lipinski definition) is 3. The van der Waals surface area contributed by atoms with Crippen molar-refractivity contribution in [2.75, 3.05) is 6.54 Å². The smallest absolute Gasteiger partial charge is 0.304 e. The standard InChI is InChI=1S/C8H16N2O3/c1-6(5-8(12)13)10-4-2-3-7(9)11/h6,10H,2-5H2,1H3,(H2,9,11)(H,12,13). The highest BCUT2D eigenvalue weighted by Gasteiger charge is 2.05. The van der Waals surface area contributed by atoms with Gasteiger partial charge in [-0.25, -0.2) is 0 Å². The summed E-state index contributed by atoms with van der Waals surface area (Å²) in [5.74, 6) is -1.15. The lowest BCUT2D eigenvalue weighted by Gasteiger charge is -2.10. The van der Waals surface area contributed by atoms with Gasteiger partial charge in [0, 0.05) is 12.5 Å². The van der Waals surface area contributed by atoms with E-state index in [4.69, 9.17) is 10.8 Å². The maximum absolute atomic E-state index is 10.3. The Bertz CT molecular complexity index is 182. The topological polar surface area (TPSA) is 92.4 Å². The van der Waals surface area contributed by atoms with Crippen LogP contribution in [0.3, 0.4) is 0 Å². The summed E-state index contributed by atoms with van der Waals surface area (Å²) in [4.78, 5) is 20.6. The van der Waals surface area contributed by atoms with Crippen molar-refractivity contribution in [3.05, 3.63) is 0 Å². The van der Waals surface area contributed by atoms with Crippen molar-refractivity contribution in [1.82, 2.24) is 5.32 Å². The van der Waals surface area contributed by atoms with Crippen LogP contribution in [0, 0.1) is 0 Å². The molecule has 1 amide bonds. The monoisotopic (exact) mass is 188 g/mol. The van der Waals surface area contributed by atoms with Gasteiger partial charge in [0.25, 0.3) is 0 Å². The van der Waals surface area contributed by atoms with Crippen LogP contribution in [-0.4, -0.2) is 29.6 Å². The predicted molar refractivity (Wildman–Crippen MR) is 48.1 cm³/mol. The summed E-state index contributed by atoms with van der Waals surface area (Å²) >= 11 is 0. The molecule has 0 aromatic heterocycles. The third-order valence-electron chi connectivity index (χ3n) is 1.57. The van der Waals surface area contributed by atoms with Gasteiger partial charge in [0.05, 0.1) is 6.42 Å². The zero-order chi connectivity index (χ0) is 10.3. The number of aliphatic carboxylic acids is 1. The lowest BCUT2D eigenvalue weighted by Crippen LogP contribution is -2.29. The molecule has 13 heavy (non-hydrogen) atoms. The lowest BCUT2D eigenvalue weighted by molar-refractivity contribution is -0.137. The number of hydrogen-bond acceptors (Lipinski definition) is 3. The molecule has 0 aliphatic rings. The Kier molecular flexibility index (Phi) is 5.88. The Morgan fingerprint density at radius 3 is 2.62 bits per heavy atom. The van der Waals surface area contributed by atoms with Gasteiger partial charge >= 0.3 is 5.97 Å². The van der Waals surface area contributed by atoms with E-state index in [9.17, 15) is 9.59 Å². The summed E-state index contributed by atoms with van der Waals surface area (Å²) in [6.07, 6.45) is 1.09. The van der Waals surface area contributed by atoms with Gasteiger partial charge in [0.2, 0.25) is 5.91 Å². The highest BCUT2D eigenvalue weighted by Crippen LogP contribution is 1.91. The van der Waals surface area contributed by atoms with Crippen LogP contribution in [0.1, 0.15) is 26.2 Å². The molecule has 5 nitrogen and oxygen atoms in total. The van der Waals surface area contributed by atoms with Crippen molar-refractivity contribution < 1.29 is 14.7 Å². The molecular weight excluding hydrogens is 172 g/mol. The van der Waals surface area contributed by atoms with Gasteiger partial charge in [0.15, 0.2) is 0 Å². The number of nitrogens with two attached hydrogens (primary N) is 1. The van der Waals surface area contributed by atoms with Crippen LogP contribution in [0.2, 0.25) is 0 Å². The molecule has 0 saturated heterocycles. The third kappa shape index (κ3) is 8.81. The lowest BCUT2D eigenvalue weighted by atomic mass is 10.2. The van der Waals surface area contributed by atoms with Crippen LogP contribution in [0.4, 0.5) is 0 Å². The normalized spacial score (nSPS) is 12.4. The molecule has 0 aliphatic carbocycles. The maximum atomic E-state index is 10.3. The highest BCUT2D eigenvalue weighted by molar-refractivity contribution is 5.73. The van der Waals surface area contributed by atoms with Gasteiger partial charge in [-0.3, -0.25) is 9.59 Å². The van der Waals surface area contributed by atoms with E-state index in [1.54, 1.807) is 6.92 Å². The Morgan fingerprint density at radius 1 is 1.54 bits per heavy atom. The second-order valence-corrected chi connectivity index (χ2v) is 3.02. The molecule has 76 valence electrons. The van der Waals surface area contributed by atoms with Gasteiger partial charge in [0.1, 0.15) is 0 Å². The van der Waals surface area contributed by atoms with Crippen LogP contribution < -0.4 is 11.1 Å². The summed E-state index contributed by atoms with van der Waals surface area (Å²) in [5.41, 5.74) is 4.93. The van der Waals surface area contributed by atoms with E-state index >= 15 is 0 Å². The minimum atomic E-state index is -0.824. The van der Waals surface area contributed by atoms with Crippen molar-refractivity contribution in [3.63, 3.8) is 0 Å². The fourth-order valence-electron chi connectivity index (χ4n) is 0.945. The molecule has 1 unspecified atom stereocenters. The fourth-order valence-corrected chi connectivity index (χ4v) is 0.945. The molecule has 0 bridgehead atoms. The Labute approximate surface area is 77.3 Å². The molecule has 4 N–H and O–H groups in total. The maximum Gasteiger partial charge on any atom is 0.304 e. The summed E-state index contributed by atoms with van der Waals surface area (Å²) in [6.45, 7) is 2.41. The minimum Gasteiger partial charge on any atom is -0.481 e. The average Bonchev–Trinajstić information content (AvgIpc) is 1.96. The van der Waals surface area contributed by atoms with Crippen LogP contribution >= 0.6 is 0 Å². The molecular formula is C8H16N2O3. The molecule has 0 saturated carbocycles. The van der Waals surface area contributed by atoms with Crippen LogP contribution in [-0.2, 0) is 9.59 Å². The SMILES string of the molecule is CC(CC(=O)O)NCCCC(N)=O. The number of carboxylic acid groups (broad SMARTS) is 1. The first-order valence-corrected chi connectivity index (χ1v) is 4.26. The summed E-state index contributed by atoms with van der Waals surface area (Å²) < 4.78 is 0. The molecule has 0 aromatic carbocycles. The number of carbonyl (C=O) groups excluding carboxylic acids is 1. The van der Waals surface area contributed by atoms with Gasteiger partial charge in [-0.05, 0) is 19.9 Å². The molecule has 0 spiro atoms. The Morgan fingerprint density at radius 2 is 2.15 bits per heavy atom. The van der Waals surface area contributed by atoms with Crippen molar-refractivity contribution in [3.8, 4) is 0 Å². The molecule has 0 aromatic rings. The number of carbonyl (C=O) groups is 2. The molecule has 0 rings (SSSR count). The number of nitrogens with one attached hydrogen (secondary N) is 1. The van der Waals surface area contributed by atoms with Crippen molar-refractivity contribution in [2.24, 2.45) is 5.73 Å². The number of carboxylic acids is 1. The second kappa shape index (κ2) is 6.42. The number of rotatable bonds is 7. The van der Waals surface area contributed by atoms with Gasteiger partial charge in [-0.2, -0.15) is 0 Å². The molecule has 0 fully saturated rings. The Balaban J connectivity index is 3.31. The number of primary amides is 1. The molecule has 5 heteroatoms. The first-order valence-electron chi connectivity index (χ1n) is 4.26. The van der Waals surface area contributed by atoms with Crippen molar-refractivity contribution in [1.29, 1.82) is 0 Å². The molecule has 0 radical (unpaired) electrons. The van der Waals surface area contributed by atoms with Crippen LogP contribution in [0.25, 0.3) is 0 Å². The predicted octanol–water partition coefficient (Wildman–Crippen LogP) is -0.295. The van der Waals surface area contributed by atoms with E-state index in [0.717, 1.165) is 0 Å². The van der Waals surface area contributed by atoms with E-state index in [1.165, 1.54) is 0 Å². The van der Waals surface area contributed by atoms with E-state index in [-0.39, 0.29) is 18.4 Å². The number of amides is 1. The minimum absolute atomic E-state index is 0.0645. The van der Waals surface area contributed by atoms with Crippen molar-refractivity contribution >= 4 is 11.9 Å². The third-order valence-corrected chi connectivity index (χ3v) is 1.57. The zero-order valence-corrected chi connectivity index (χ0v) is 7.75. The Hall–Kier alpha value is -1.10. The highest BCUT2D eigenvalue weighted by atomic mass is 16.4. The second-order valence-electron chi connectivity index (χ2n) is 3.02. The van der Waals surface area contributed by atoms with E-state index in [0.29, 0.717) is 19.4 Å². The summed E-state index contributed by atoms with van der Waals surface area (Å²) in [5, 5.41) is 11.4. The molecule has 0 aliphatic heterocycles. The van der Waals surface area contributed by atoms with Crippen LogP contribution in [0.5, 0.6) is 0 Å². The van der Waals surface area contributed by atoms with Crippen molar-refractivity contribution in [2.45, 2.75) is 32.2 Å². The summed E-state index contributed by atoms with van der Waals surface area (Å²) in [7, 11) is 0. The largest absolute Gasteiger partial charge is 0.481 e. The first kappa shape index (κ1) is 11.9. The van der Waals surface area contributed by atoms with E-state index in [2.05, 4.69) is 5.32 Å². The fraction of sp³-hybridized carbons (Fsp3) is 0.750.